The van der Waals surface area contributed by atoms with Gasteiger partial charge in [-0.1, -0.05) is 36.4 Å². The first-order valence-corrected chi connectivity index (χ1v) is 9.04. The molecule has 1 aliphatic heterocycles. The Morgan fingerprint density at radius 2 is 1.96 bits per heavy atom. The summed E-state index contributed by atoms with van der Waals surface area (Å²) < 4.78 is 11.5. The standard InChI is InChI=1S/C22H25NO2/c1-14(2)25-20-12-6-11-19-17-9-5-10-18(17)21(23-22(19)20)15-7-4-8-16(13-15)24-3/h4-9,11-14,17-18,21,23H,10H2,1-3H3. The Hall–Kier alpha value is -2.42. The van der Waals surface area contributed by atoms with E-state index in [2.05, 4.69) is 67.7 Å². The lowest BCUT2D eigenvalue weighted by atomic mass is 9.77. The summed E-state index contributed by atoms with van der Waals surface area (Å²) in [5, 5.41) is 3.79. The van der Waals surface area contributed by atoms with Crippen LogP contribution < -0.4 is 14.8 Å². The van der Waals surface area contributed by atoms with Crippen LogP contribution in [0.1, 0.15) is 43.4 Å². The minimum atomic E-state index is 0.153. The Labute approximate surface area is 149 Å². The van der Waals surface area contributed by atoms with Crippen LogP contribution in [0.3, 0.4) is 0 Å². The lowest BCUT2D eigenvalue weighted by molar-refractivity contribution is 0.242. The molecule has 1 aliphatic carbocycles. The molecule has 3 heteroatoms. The summed E-state index contributed by atoms with van der Waals surface area (Å²) in [5.74, 6) is 2.80. The van der Waals surface area contributed by atoms with E-state index < -0.39 is 0 Å². The summed E-state index contributed by atoms with van der Waals surface area (Å²) in [6.07, 6.45) is 5.92. The maximum absolute atomic E-state index is 6.08. The van der Waals surface area contributed by atoms with Gasteiger partial charge in [0.2, 0.25) is 0 Å². The van der Waals surface area contributed by atoms with E-state index in [-0.39, 0.29) is 12.1 Å². The van der Waals surface area contributed by atoms with Gasteiger partial charge in [-0.2, -0.15) is 0 Å². The number of anilines is 1. The van der Waals surface area contributed by atoms with Crippen LogP contribution in [0.15, 0.2) is 54.6 Å². The number of ether oxygens (including phenoxy) is 2. The van der Waals surface area contributed by atoms with E-state index in [4.69, 9.17) is 9.47 Å². The second-order valence-electron chi connectivity index (χ2n) is 7.14. The fraction of sp³-hybridized carbons (Fsp3) is 0.364. The molecule has 0 fully saturated rings. The number of methoxy groups -OCH3 is 1. The summed E-state index contributed by atoms with van der Waals surface area (Å²) in [7, 11) is 1.72. The van der Waals surface area contributed by atoms with E-state index in [1.54, 1.807) is 7.11 Å². The van der Waals surface area contributed by atoms with Crippen LogP contribution in [0.25, 0.3) is 0 Å². The smallest absolute Gasteiger partial charge is 0.143 e. The highest BCUT2D eigenvalue weighted by Crippen LogP contribution is 2.52. The van der Waals surface area contributed by atoms with Crippen molar-refractivity contribution in [2.45, 2.75) is 38.3 Å². The summed E-state index contributed by atoms with van der Waals surface area (Å²) in [5.41, 5.74) is 3.75. The topological polar surface area (TPSA) is 30.5 Å². The van der Waals surface area contributed by atoms with E-state index in [1.165, 1.54) is 11.1 Å². The van der Waals surface area contributed by atoms with Gasteiger partial charge in [0.15, 0.2) is 0 Å². The van der Waals surface area contributed by atoms with Crippen molar-refractivity contribution in [1.82, 2.24) is 0 Å². The van der Waals surface area contributed by atoms with Crippen molar-refractivity contribution in [3.63, 3.8) is 0 Å². The predicted octanol–water partition coefficient (Wildman–Crippen LogP) is 5.31. The third-order valence-corrected chi connectivity index (χ3v) is 5.17. The summed E-state index contributed by atoms with van der Waals surface area (Å²) in [6, 6.07) is 15.0. The average Bonchev–Trinajstić information content (AvgIpc) is 3.11. The zero-order valence-corrected chi connectivity index (χ0v) is 15.0. The van der Waals surface area contributed by atoms with Crippen LogP contribution in [-0.4, -0.2) is 13.2 Å². The van der Waals surface area contributed by atoms with Crippen molar-refractivity contribution in [2.75, 3.05) is 12.4 Å². The van der Waals surface area contributed by atoms with Gasteiger partial charge < -0.3 is 14.8 Å². The second kappa shape index (κ2) is 6.47. The van der Waals surface area contributed by atoms with Gasteiger partial charge in [0, 0.05) is 5.92 Å². The van der Waals surface area contributed by atoms with Crippen molar-refractivity contribution >= 4 is 5.69 Å². The van der Waals surface area contributed by atoms with Gasteiger partial charge in [-0.25, -0.2) is 0 Å². The summed E-state index contributed by atoms with van der Waals surface area (Å²) >= 11 is 0. The Morgan fingerprint density at radius 1 is 1.12 bits per heavy atom. The van der Waals surface area contributed by atoms with Crippen molar-refractivity contribution in [3.05, 3.63) is 65.7 Å². The van der Waals surface area contributed by atoms with Crippen LogP contribution in [0.4, 0.5) is 5.69 Å². The molecule has 0 radical (unpaired) electrons. The SMILES string of the molecule is COc1cccc(C2Nc3c(OC(C)C)cccc3C3C=CCC32)c1. The van der Waals surface area contributed by atoms with Gasteiger partial charge in [0.25, 0.3) is 0 Å². The number of benzene rings is 2. The van der Waals surface area contributed by atoms with E-state index in [1.807, 2.05) is 6.07 Å². The lowest BCUT2D eigenvalue weighted by Gasteiger charge is -2.38. The number of nitrogens with one attached hydrogen (secondary N) is 1. The number of allylic oxidation sites excluding steroid dienone is 2. The fourth-order valence-electron chi connectivity index (χ4n) is 4.11. The van der Waals surface area contributed by atoms with Crippen LogP contribution in [0.2, 0.25) is 0 Å². The molecule has 3 atom stereocenters. The maximum Gasteiger partial charge on any atom is 0.143 e. The molecular weight excluding hydrogens is 310 g/mol. The van der Waals surface area contributed by atoms with Crippen LogP contribution in [-0.2, 0) is 0 Å². The molecule has 130 valence electrons. The molecule has 2 aliphatic rings. The molecule has 0 amide bonds. The zero-order chi connectivity index (χ0) is 17.4. The lowest BCUT2D eigenvalue weighted by Crippen LogP contribution is -2.29. The molecule has 0 saturated carbocycles. The number of hydrogen-bond acceptors (Lipinski definition) is 3. The minimum absolute atomic E-state index is 0.153. The molecule has 3 unspecified atom stereocenters. The first-order valence-electron chi connectivity index (χ1n) is 9.04. The van der Waals surface area contributed by atoms with Crippen molar-refractivity contribution in [1.29, 1.82) is 0 Å². The number of hydrogen-bond donors (Lipinski definition) is 1. The molecule has 0 bridgehead atoms. The third-order valence-electron chi connectivity index (χ3n) is 5.17. The number of rotatable bonds is 4. The molecule has 3 nitrogen and oxygen atoms in total. The van der Waals surface area contributed by atoms with Crippen LogP contribution >= 0.6 is 0 Å². The molecule has 1 N–H and O–H groups in total. The van der Waals surface area contributed by atoms with Gasteiger partial charge >= 0.3 is 0 Å². The van der Waals surface area contributed by atoms with Gasteiger partial charge in [-0.3, -0.25) is 0 Å². The highest BCUT2D eigenvalue weighted by molar-refractivity contribution is 5.67. The van der Waals surface area contributed by atoms with E-state index in [0.717, 1.165) is 23.6 Å². The third kappa shape index (κ3) is 2.88. The van der Waals surface area contributed by atoms with Gasteiger partial charge in [-0.05, 0) is 55.5 Å². The number of fused-ring (bicyclic) bond motifs is 3. The van der Waals surface area contributed by atoms with Crippen molar-refractivity contribution in [2.24, 2.45) is 5.92 Å². The van der Waals surface area contributed by atoms with Gasteiger partial charge in [0.05, 0.1) is 24.9 Å². The molecule has 4 rings (SSSR count). The normalized spacial score (nSPS) is 23.8. The molecule has 2 aromatic carbocycles. The maximum atomic E-state index is 6.08. The van der Waals surface area contributed by atoms with Crippen molar-refractivity contribution < 1.29 is 9.47 Å². The largest absolute Gasteiger partial charge is 0.497 e. The Balaban J connectivity index is 1.77. The van der Waals surface area contributed by atoms with Gasteiger partial charge in [0.1, 0.15) is 11.5 Å². The highest BCUT2D eigenvalue weighted by Gasteiger charge is 2.39. The first kappa shape index (κ1) is 16.1. The van der Waals surface area contributed by atoms with Crippen LogP contribution in [0.5, 0.6) is 11.5 Å². The highest BCUT2D eigenvalue weighted by atomic mass is 16.5. The second-order valence-corrected chi connectivity index (χ2v) is 7.14. The minimum Gasteiger partial charge on any atom is -0.497 e. The molecule has 0 aromatic heterocycles. The first-order chi connectivity index (χ1) is 12.2. The number of para-hydroxylation sites is 1. The summed E-state index contributed by atoms with van der Waals surface area (Å²) in [6.45, 7) is 4.14. The molecular formula is C22H25NO2. The molecule has 2 aromatic rings. The average molecular weight is 335 g/mol. The van der Waals surface area contributed by atoms with E-state index in [9.17, 15) is 0 Å². The zero-order valence-electron chi connectivity index (χ0n) is 15.0. The quantitative estimate of drug-likeness (QED) is 0.768. The molecule has 0 saturated heterocycles. The Morgan fingerprint density at radius 3 is 2.76 bits per heavy atom. The molecule has 1 heterocycles. The molecule has 0 spiro atoms. The predicted molar refractivity (Wildman–Crippen MR) is 102 cm³/mol. The van der Waals surface area contributed by atoms with E-state index >= 15 is 0 Å². The fourth-order valence-corrected chi connectivity index (χ4v) is 4.11. The summed E-state index contributed by atoms with van der Waals surface area (Å²) in [4.78, 5) is 0. The Bertz CT molecular complexity index is 796. The monoisotopic (exact) mass is 335 g/mol. The van der Waals surface area contributed by atoms with Gasteiger partial charge in [-0.15, -0.1) is 0 Å². The van der Waals surface area contributed by atoms with Crippen molar-refractivity contribution in [3.8, 4) is 11.5 Å². The molecule has 25 heavy (non-hydrogen) atoms. The Kier molecular flexibility index (Phi) is 4.16. The van der Waals surface area contributed by atoms with Crippen LogP contribution in [0, 0.1) is 5.92 Å². The van der Waals surface area contributed by atoms with E-state index in [0.29, 0.717) is 11.8 Å².